The van der Waals surface area contributed by atoms with Crippen molar-refractivity contribution in [2.75, 3.05) is 5.33 Å². The highest BCUT2D eigenvalue weighted by Crippen LogP contribution is 1.83. The summed E-state index contributed by atoms with van der Waals surface area (Å²) >= 11 is 3.11. The number of hydrogen-bond donors (Lipinski definition) is 0. The Hall–Kier alpha value is -0.700. The Balaban J connectivity index is 2.58. The number of aromatic nitrogens is 1. The number of pyridine rings is 1. The molecule has 0 atom stereocenters. The molecule has 1 aromatic heterocycles. The molecule has 0 aliphatic rings. The molecule has 0 bridgehead atoms. The summed E-state index contributed by atoms with van der Waals surface area (Å²) in [4.78, 5) is 10.9. The van der Waals surface area contributed by atoms with Crippen LogP contribution in [0.3, 0.4) is 0 Å². The van der Waals surface area contributed by atoms with Gasteiger partial charge in [-0.25, -0.2) is 0 Å². The number of carbonyl (C=O) groups is 1. The topological polar surface area (TPSA) is 20.9 Å². The first-order chi connectivity index (χ1) is 5.33. The lowest BCUT2D eigenvalue weighted by atomic mass is 10.4. The third kappa shape index (κ3) is 2.80. The lowest BCUT2D eigenvalue weighted by Crippen LogP contribution is -2.37. The van der Waals surface area contributed by atoms with Crippen LogP contribution in [0.4, 0.5) is 0 Å². The molecule has 0 saturated heterocycles. The zero-order valence-electron chi connectivity index (χ0n) is 6.03. The standard InChI is InChI=1S/C8H9BrNO/c9-6-8(11)7-10-4-2-1-3-5-10/h1-5H,6-7H2/q+1. The molecule has 0 spiro atoms. The lowest BCUT2D eigenvalue weighted by Gasteiger charge is -1.91. The van der Waals surface area contributed by atoms with E-state index in [4.69, 9.17) is 0 Å². The molecule has 0 amide bonds. The summed E-state index contributed by atoms with van der Waals surface area (Å²) < 4.78 is 1.85. The lowest BCUT2D eigenvalue weighted by molar-refractivity contribution is -0.684. The van der Waals surface area contributed by atoms with E-state index in [1.807, 2.05) is 35.2 Å². The highest BCUT2D eigenvalue weighted by atomic mass is 79.9. The fourth-order valence-electron chi connectivity index (χ4n) is 0.786. The van der Waals surface area contributed by atoms with Gasteiger partial charge in [0.25, 0.3) is 0 Å². The largest absolute Gasteiger partial charge is 0.292 e. The van der Waals surface area contributed by atoms with Crippen molar-refractivity contribution in [1.29, 1.82) is 0 Å². The van der Waals surface area contributed by atoms with Crippen LogP contribution in [-0.2, 0) is 11.3 Å². The molecule has 1 heterocycles. The fraction of sp³-hybridized carbons (Fsp3) is 0.250. The maximum atomic E-state index is 10.9. The number of alkyl halides is 1. The molecule has 0 aliphatic carbocycles. The number of rotatable bonds is 3. The Morgan fingerprint density at radius 1 is 1.27 bits per heavy atom. The van der Waals surface area contributed by atoms with E-state index in [1.165, 1.54) is 0 Å². The quantitative estimate of drug-likeness (QED) is 0.543. The molecule has 0 saturated carbocycles. The minimum Gasteiger partial charge on any atom is -0.292 e. The van der Waals surface area contributed by atoms with Gasteiger partial charge in [-0.3, -0.25) is 4.79 Å². The molecule has 0 unspecified atom stereocenters. The molecule has 11 heavy (non-hydrogen) atoms. The van der Waals surface area contributed by atoms with E-state index in [2.05, 4.69) is 15.9 Å². The molecule has 58 valence electrons. The fourth-order valence-corrected chi connectivity index (χ4v) is 0.963. The van der Waals surface area contributed by atoms with E-state index >= 15 is 0 Å². The Morgan fingerprint density at radius 2 is 1.91 bits per heavy atom. The Bertz CT molecular complexity index is 235. The third-order valence-electron chi connectivity index (χ3n) is 1.29. The van der Waals surface area contributed by atoms with Crippen molar-refractivity contribution in [1.82, 2.24) is 0 Å². The Labute approximate surface area is 74.0 Å². The number of ketones is 1. The van der Waals surface area contributed by atoms with Crippen molar-refractivity contribution >= 4 is 21.7 Å². The highest BCUT2D eigenvalue weighted by Gasteiger charge is 2.04. The Kier molecular flexibility index (Phi) is 3.23. The number of Topliss-reactive ketones (excluding diaryl/α,β-unsaturated/α-hetero) is 1. The van der Waals surface area contributed by atoms with Gasteiger partial charge in [0.2, 0.25) is 12.3 Å². The van der Waals surface area contributed by atoms with Gasteiger partial charge in [0, 0.05) is 12.1 Å². The first-order valence-corrected chi connectivity index (χ1v) is 4.47. The first kappa shape index (κ1) is 8.40. The van der Waals surface area contributed by atoms with Crippen LogP contribution in [-0.4, -0.2) is 11.1 Å². The van der Waals surface area contributed by atoms with Gasteiger partial charge < -0.3 is 0 Å². The number of carbonyl (C=O) groups excluding carboxylic acids is 1. The second-order valence-corrected chi connectivity index (χ2v) is 2.78. The van der Waals surface area contributed by atoms with Crippen LogP contribution in [0, 0.1) is 0 Å². The molecule has 0 aromatic carbocycles. The van der Waals surface area contributed by atoms with Crippen LogP contribution in [0.2, 0.25) is 0 Å². The Morgan fingerprint density at radius 3 is 2.45 bits per heavy atom. The van der Waals surface area contributed by atoms with Gasteiger partial charge in [-0.05, 0) is 0 Å². The van der Waals surface area contributed by atoms with E-state index in [0.717, 1.165) is 0 Å². The van der Waals surface area contributed by atoms with Gasteiger partial charge in [0.05, 0.1) is 5.33 Å². The molecular weight excluding hydrogens is 206 g/mol. The summed E-state index contributed by atoms with van der Waals surface area (Å²) in [5.74, 6) is 0.182. The molecule has 1 aromatic rings. The monoisotopic (exact) mass is 214 g/mol. The summed E-state index contributed by atoms with van der Waals surface area (Å²) in [5.41, 5.74) is 0. The second kappa shape index (κ2) is 4.23. The van der Waals surface area contributed by atoms with Crippen molar-refractivity contribution in [3.63, 3.8) is 0 Å². The van der Waals surface area contributed by atoms with E-state index in [0.29, 0.717) is 11.9 Å². The smallest absolute Gasteiger partial charge is 0.207 e. The van der Waals surface area contributed by atoms with Gasteiger partial charge >= 0.3 is 0 Å². The maximum Gasteiger partial charge on any atom is 0.207 e. The van der Waals surface area contributed by atoms with Gasteiger partial charge in [0.15, 0.2) is 12.4 Å². The third-order valence-corrected chi connectivity index (χ3v) is 1.91. The molecule has 2 nitrogen and oxygen atoms in total. The van der Waals surface area contributed by atoms with Crippen LogP contribution in [0.5, 0.6) is 0 Å². The predicted molar refractivity (Wildman–Crippen MR) is 45.4 cm³/mol. The summed E-state index contributed by atoms with van der Waals surface area (Å²) in [5, 5.41) is 0.425. The zero-order valence-corrected chi connectivity index (χ0v) is 7.62. The molecule has 0 N–H and O–H groups in total. The van der Waals surface area contributed by atoms with E-state index < -0.39 is 0 Å². The normalized spacial score (nSPS) is 9.55. The summed E-state index contributed by atoms with van der Waals surface area (Å²) in [6.45, 7) is 0.450. The van der Waals surface area contributed by atoms with Crippen molar-refractivity contribution in [3.8, 4) is 0 Å². The minimum absolute atomic E-state index is 0.182. The highest BCUT2D eigenvalue weighted by molar-refractivity contribution is 9.09. The summed E-state index contributed by atoms with van der Waals surface area (Å²) in [6, 6.07) is 5.73. The van der Waals surface area contributed by atoms with Crippen molar-refractivity contribution in [2.45, 2.75) is 6.54 Å². The van der Waals surface area contributed by atoms with Crippen LogP contribution in [0.15, 0.2) is 30.6 Å². The van der Waals surface area contributed by atoms with Crippen LogP contribution < -0.4 is 4.57 Å². The number of halogens is 1. The summed E-state index contributed by atoms with van der Waals surface area (Å²) in [6.07, 6.45) is 3.75. The second-order valence-electron chi connectivity index (χ2n) is 2.22. The van der Waals surface area contributed by atoms with Crippen molar-refractivity contribution < 1.29 is 9.36 Å². The maximum absolute atomic E-state index is 10.9. The van der Waals surface area contributed by atoms with Crippen LogP contribution >= 0.6 is 15.9 Å². The van der Waals surface area contributed by atoms with Crippen molar-refractivity contribution in [2.24, 2.45) is 0 Å². The van der Waals surface area contributed by atoms with E-state index in [9.17, 15) is 4.79 Å². The molecule has 1 rings (SSSR count). The molecule has 0 radical (unpaired) electrons. The molecule has 0 aliphatic heterocycles. The molecule has 0 fully saturated rings. The van der Waals surface area contributed by atoms with Crippen LogP contribution in [0.1, 0.15) is 0 Å². The minimum atomic E-state index is 0.182. The molecule has 3 heteroatoms. The zero-order chi connectivity index (χ0) is 8.10. The van der Waals surface area contributed by atoms with Crippen molar-refractivity contribution in [3.05, 3.63) is 30.6 Å². The summed E-state index contributed by atoms with van der Waals surface area (Å²) in [7, 11) is 0. The first-order valence-electron chi connectivity index (χ1n) is 3.34. The van der Waals surface area contributed by atoms with E-state index in [-0.39, 0.29) is 5.78 Å². The van der Waals surface area contributed by atoms with Gasteiger partial charge in [-0.2, -0.15) is 4.57 Å². The average molecular weight is 215 g/mol. The average Bonchev–Trinajstić information content (AvgIpc) is 2.06. The SMILES string of the molecule is O=C(CBr)C[n+]1ccccc1. The van der Waals surface area contributed by atoms with Gasteiger partial charge in [-0.1, -0.05) is 22.0 Å². The molecular formula is C8H9BrNO+. The van der Waals surface area contributed by atoms with E-state index in [1.54, 1.807) is 0 Å². The van der Waals surface area contributed by atoms with Gasteiger partial charge in [0.1, 0.15) is 0 Å². The predicted octanol–water partition coefficient (Wildman–Crippen LogP) is 0.938. The number of hydrogen-bond acceptors (Lipinski definition) is 1. The van der Waals surface area contributed by atoms with Crippen LogP contribution in [0.25, 0.3) is 0 Å². The van der Waals surface area contributed by atoms with Gasteiger partial charge in [-0.15, -0.1) is 0 Å². The number of nitrogens with zero attached hydrogens (tertiary/aromatic N) is 1.